The van der Waals surface area contributed by atoms with Crippen LogP contribution in [0.25, 0.3) is 0 Å². The molecule has 0 aromatic heterocycles. The lowest BCUT2D eigenvalue weighted by Crippen LogP contribution is -2.45. The van der Waals surface area contributed by atoms with Gasteiger partial charge in [0, 0.05) is 12.6 Å². The molecule has 0 aliphatic carbocycles. The molecule has 4 heteroatoms. The highest BCUT2D eigenvalue weighted by Crippen LogP contribution is 2.16. The second-order valence-corrected chi connectivity index (χ2v) is 4.43. The third-order valence-electron chi connectivity index (χ3n) is 3.02. The second-order valence-electron chi connectivity index (χ2n) is 4.43. The van der Waals surface area contributed by atoms with Gasteiger partial charge in [0.05, 0.1) is 7.11 Å². The van der Waals surface area contributed by atoms with Gasteiger partial charge in [-0.2, -0.15) is 0 Å². The predicted octanol–water partition coefficient (Wildman–Crippen LogP) is 1.46. The fraction of sp³-hybridized carbons (Fsp3) is 0.909. The number of hydrogen-bond donors (Lipinski definition) is 1. The highest BCUT2D eigenvalue weighted by atomic mass is 16.5. The van der Waals surface area contributed by atoms with E-state index in [1.165, 1.54) is 20.0 Å². The van der Waals surface area contributed by atoms with Gasteiger partial charge in [-0.1, -0.05) is 13.8 Å². The van der Waals surface area contributed by atoms with E-state index in [0.29, 0.717) is 18.5 Å². The minimum absolute atomic E-state index is 0.333. The normalized spacial score (nSPS) is 19.2. The van der Waals surface area contributed by atoms with Crippen LogP contribution in [0.3, 0.4) is 0 Å². The first-order valence-corrected chi connectivity index (χ1v) is 5.71. The maximum atomic E-state index is 11.0. The van der Waals surface area contributed by atoms with Crippen LogP contribution >= 0.6 is 0 Å². The average molecular weight is 214 g/mol. The number of rotatable bonds is 4. The lowest BCUT2D eigenvalue weighted by molar-refractivity contribution is 0.154. The fourth-order valence-corrected chi connectivity index (χ4v) is 2.12. The summed E-state index contributed by atoms with van der Waals surface area (Å²) in [4.78, 5) is 13.5. The zero-order valence-electron chi connectivity index (χ0n) is 9.95. The molecule has 1 aliphatic heterocycles. The van der Waals surface area contributed by atoms with Crippen LogP contribution in [0.5, 0.6) is 0 Å². The molecule has 0 saturated carbocycles. The molecule has 88 valence electrons. The van der Waals surface area contributed by atoms with Crippen LogP contribution in [-0.2, 0) is 4.74 Å². The van der Waals surface area contributed by atoms with Crippen LogP contribution in [0.2, 0.25) is 0 Å². The zero-order chi connectivity index (χ0) is 11.3. The van der Waals surface area contributed by atoms with Crippen molar-refractivity contribution in [3.05, 3.63) is 0 Å². The van der Waals surface area contributed by atoms with Crippen molar-refractivity contribution in [2.45, 2.75) is 32.7 Å². The van der Waals surface area contributed by atoms with E-state index in [1.807, 2.05) is 0 Å². The molecule has 1 atom stereocenters. The van der Waals surface area contributed by atoms with E-state index in [9.17, 15) is 4.79 Å². The third kappa shape index (κ3) is 3.70. The molecular weight excluding hydrogens is 192 g/mol. The van der Waals surface area contributed by atoms with Gasteiger partial charge in [-0.05, 0) is 31.8 Å². The Kier molecular flexibility index (Phi) is 4.88. The average Bonchev–Trinajstić information content (AvgIpc) is 2.70. The molecule has 1 unspecified atom stereocenters. The summed E-state index contributed by atoms with van der Waals surface area (Å²) in [5.74, 6) is 0.556. The lowest BCUT2D eigenvalue weighted by Gasteiger charge is -2.30. The Bertz CT molecular complexity index is 201. The number of alkyl carbamates (subject to hydrolysis) is 1. The van der Waals surface area contributed by atoms with E-state index in [4.69, 9.17) is 0 Å². The summed E-state index contributed by atoms with van der Waals surface area (Å²) in [5, 5.41) is 2.79. The van der Waals surface area contributed by atoms with Crippen LogP contribution in [-0.4, -0.2) is 43.8 Å². The summed E-state index contributed by atoms with van der Waals surface area (Å²) < 4.78 is 4.57. The Hall–Kier alpha value is -0.770. The van der Waals surface area contributed by atoms with E-state index < -0.39 is 0 Å². The van der Waals surface area contributed by atoms with Crippen molar-refractivity contribution in [3.63, 3.8) is 0 Å². The maximum absolute atomic E-state index is 11.0. The Labute approximate surface area is 92.0 Å². The van der Waals surface area contributed by atoms with Crippen molar-refractivity contribution in [2.75, 3.05) is 26.7 Å². The van der Waals surface area contributed by atoms with Crippen LogP contribution in [0.4, 0.5) is 4.79 Å². The summed E-state index contributed by atoms with van der Waals surface area (Å²) in [7, 11) is 1.40. The highest BCUT2D eigenvalue weighted by Gasteiger charge is 2.24. The van der Waals surface area contributed by atoms with Crippen molar-refractivity contribution < 1.29 is 9.53 Å². The summed E-state index contributed by atoms with van der Waals surface area (Å²) in [5.41, 5.74) is 0. The molecule has 0 aromatic rings. The molecule has 1 rings (SSSR count). The van der Waals surface area contributed by atoms with E-state index in [0.717, 1.165) is 13.1 Å². The van der Waals surface area contributed by atoms with E-state index in [1.54, 1.807) is 0 Å². The summed E-state index contributed by atoms with van der Waals surface area (Å²) in [6.07, 6.45) is 2.22. The van der Waals surface area contributed by atoms with Crippen LogP contribution in [0.1, 0.15) is 26.7 Å². The Morgan fingerprint density at radius 1 is 1.40 bits per heavy atom. The topological polar surface area (TPSA) is 41.6 Å². The Morgan fingerprint density at radius 2 is 2.00 bits per heavy atom. The van der Waals surface area contributed by atoms with E-state index in [2.05, 4.69) is 28.8 Å². The molecule has 0 radical (unpaired) electrons. The standard InChI is InChI=1S/C11H22N2O2/c1-9(2)10(8-12-11(14)15-3)13-6-4-5-7-13/h9-10H,4-8H2,1-3H3,(H,12,14). The summed E-state index contributed by atoms with van der Waals surface area (Å²) in [6, 6.07) is 0.437. The number of nitrogens with one attached hydrogen (secondary N) is 1. The molecule has 1 heterocycles. The van der Waals surface area contributed by atoms with Crippen molar-refractivity contribution in [2.24, 2.45) is 5.92 Å². The minimum Gasteiger partial charge on any atom is -0.453 e. The summed E-state index contributed by atoms with van der Waals surface area (Å²) in [6.45, 7) is 7.39. The lowest BCUT2D eigenvalue weighted by atomic mass is 10.0. The molecule has 1 saturated heterocycles. The molecule has 4 nitrogen and oxygen atoms in total. The number of carbonyl (C=O) groups excluding carboxylic acids is 1. The van der Waals surface area contributed by atoms with E-state index in [-0.39, 0.29) is 6.09 Å². The maximum Gasteiger partial charge on any atom is 0.406 e. The third-order valence-corrected chi connectivity index (χ3v) is 3.02. The highest BCUT2D eigenvalue weighted by molar-refractivity contribution is 5.66. The molecule has 0 bridgehead atoms. The molecule has 15 heavy (non-hydrogen) atoms. The van der Waals surface area contributed by atoms with Crippen molar-refractivity contribution in [1.82, 2.24) is 10.2 Å². The quantitative estimate of drug-likeness (QED) is 0.770. The first-order valence-electron chi connectivity index (χ1n) is 5.71. The largest absolute Gasteiger partial charge is 0.453 e. The van der Waals surface area contributed by atoms with Gasteiger partial charge in [0.2, 0.25) is 0 Å². The van der Waals surface area contributed by atoms with Crippen LogP contribution in [0.15, 0.2) is 0 Å². The van der Waals surface area contributed by atoms with Crippen molar-refractivity contribution in [3.8, 4) is 0 Å². The molecule has 1 aliphatic rings. The predicted molar refractivity (Wildman–Crippen MR) is 59.8 cm³/mol. The van der Waals surface area contributed by atoms with Gasteiger partial charge in [0.15, 0.2) is 0 Å². The SMILES string of the molecule is COC(=O)NCC(C(C)C)N1CCCC1. The number of amides is 1. The van der Waals surface area contributed by atoms with Gasteiger partial charge >= 0.3 is 6.09 Å². The first kappa shape index (κ1) is 12.3. The number of likely N-dealkylation sites (tertiary alicyclic amines) is 1. The molecule has 1 N–H and O–H groups in total. The van der Waals surface area contributed by atoms with Gasteiger partial charge in [-0.15, -0.1) is 0 Å². The van der Waals surface area contributed by atoms with Gasteiger partial charge < -0.3 is 10.1 Å². The van der Waals surface area contributed by atoms with Crippen LogP contribution < -0.4 is 5.32 Å². The van der Waals surface area contributed by atoms with Gasteiger partial charge in [0.1, 0.15) is 0 Å². The second kappa shape index (κ2) is 5.95. The first-order chi connectivity index (χ1) is 7.15. The van der Waals surface area contributed by atoms with Gasteiger partial charge in [-0.3, -0.25) is 4.90 Å². The number of methoxy groups -OCH3 is 1. The molecule has 1 amide bonds. The molecular formula is C11H22N2O2. The Morgan fingerprint density at radius 3 is 2.47 bits per heavy atom. The molecule has 0 aromatic carbocycles. The minimum atomic E-state index is -0.333. The fourth-order valence-electron chi connectivity index (χ4n) is 2.12. The zero-order valence-corrected chi connectivity index (χ0v) is 9.95. The number of ether oxygens (including phenoxy) is 1. The summed E-state index contributed by atoms with van der Waals surface area (Å²) >= 11 is 0. The smallest absolute Gasteiger partial charge is 0.406 e. The monoisotopic (exact) mass is 214 g/mol. The van der Waals surface area contributed by atoms with E-state index >= 15 is 0 Å². The molecule has 0 spiro atoms. The van der Waals surface area contributed by atoms with Crippen molar-refractivity contribution >= 4 is 6.09 Å². The number of hydrogen-bond acceptors (Lipinski definition) is 3. The van der Waals surface area contributed by atoms with Gasteiger partial charge in [0.25, 0.3) is 0 Å². The van der Waals surface area contributed by atoms with Crippen LogP contribution in [0, 0.1) is 5.92 Å². The van der Waals surface area contributed by atoms with Gasteiger partial charge in [-0.25, -0.2) is 4.79 Å². The van der Waals surface area contributed by atoms with Crippen molar-refractivity contribution in [1.29, 1.82) is 0 Å². The molecule has 1 fully saturated rings. The Balaban J connectivity index is 2.39. The number of nitrogens with zero attached hydrogens (tertiary/aromatic N) is 1. The number of carbonyl (C=O) groups is 1.